The molecule has 6 amide bonds. The fourth-order valence-electron chi connectivity index (χ4n) is 14.0. The largest absolute Gasteiger partial charge is 0.346 e. The summed E-state index contributed by atoms with van der Waals surface area (Å²) in [5.41, 5.74) is 0. The van der Waals surface area contributed by atoms with Crippen LogP contribution in [0.25, 0.3) is 129 Å². The molecule has 0 radical (unpaired) electrons. The highest BCUT2D eigenvalue weighted by atomic mass is 16.2. The normalized spacial score (nSPS) is 14.9. The molecule has 6 aliphatic rings. The second-order valence-corrected chi connectivity index (χ2v) is 28.3. The van der Waals surface area contributed by atoms with Crippen molar-refractivity contribution in [3.63, 3.8) is 0 Å². The minimum Gasteiger partial charge on any atom is -0.346 e. The van der Waals surface area contributed by atoms with Crippen LogP contribution in [0.15, 0.2) is 182 Å². The zero-order valence-electron chi connectivity index (χ0n) is 62.2. The summed E-state index contributed by atoms with van der Waals surface area (Å²) < 4.78 is 0. The third kappa shape index (κ3) is 18.1. The first-order valence-electron chi connectivity index (χ1n) is 37.2. The van der Waals surface area contributed by atoms with Gasteiger partial charge >= 0.3 is 0 Å². The topological polar surface area (TPSA) is 122 Å². The molecular weight excluding hydrogens is 1330 g/mol. The Kier molecular flexibility index (Phi) is 23.1. The van der Waals surface area contributed by atoms with E-state index in [4.69, 9.17) is 0 Å². The van der Waals surface area contributed by atoms with Gasteiger partial charge in [-0.2, -0.15) is 0 Å². The lowest BCUT2D eigenvalue weighted by Gasteiger charge is -2.03. The number of hydrogen-bond donors (Lipinski definition) is 0. The van der Waals surface area contributed by atoms with Gasteiger partial charge < -0.3 is 29.4 Å². The van der Waals surface area contributed by atoms with Crippen molar-refractivity contribution in [2.45, 2.75) is 77.0 Å². The van der Waals surface area contributed by atoms with E-state index in [9.17, 15) is 28.8 Å². The summed E-state index contributed by atoms with van der Waals surface area (Å²) >= 11 is 0. The van der Waals surface area contributed by atoms with Gasteiger partial charge in [-0.3, -0.25) is 28.8 Å². The second kappa shape index (κ2) is 33.9. The molecule has 0 N–H and O–H groups in total. The number of amides is 6. The van der Waals surface area contributed by atoms with Crippen molar-refractivity contribution >= 4 is 165 Å². The number of hydrogen-bond acceptors (Lipinski definition) is 6. The van der Waals surface area contributed by atoms with Gasteiger partial charge in [-0.05, 0) is 212 Å². The average Bonchev–Trinajstić information content (AvgIpc) is 0.976. The van der Waals surface area contributed by atoms with Crippen molar-refractivity contribution in [1.82, 2.24) is 29.4 Å². The monoisotopic (exact) mass is 1420 g/mol. The standard InChI is InChI=1S/C66H30.6C5H9NO/c1-7-49-25-19-43-31-44-21-27-51-9-3-15-57-38-59-17-5-11-53(65(59)41-63(51)57)29-23-47-34-46(20-26-50-8-2-14-56-37-55(13-1)61(49)40-62(50)56)35-48(36-47)24-30-54-12-6-18-60-39-58-16-4-10-52(64(58)42-66(54)60)28-22-45(32-43)33-44;6*1-6-4-2-3-5(6)7/h1-18,31-42H;6*2-4H2,1H3. The molecule has 12 heteroatoms. The van der Waals surface area contributed by atoms with E-state index in [2.05, 4.69) is 255 Å². The third-order valence-corrected chi connectivity index (χ3v) is 20.4. The van der Waals surface area contributed by atoms with Crippen molar-refractivity contribution < 1.29 is 28.8 Å². The first kappa shape index (κ1) is 73.5. The smallest absolute Gasteiger partial charge is 0.222 e. The highest BCUT2D eigenvalue weighted by molar-refractivity contribution is 6.13. The summed E-state index contributed by atoms with van der Waals surface area (Å²) in [4.78, 5) is 73.6. The first-order chi connectivity index (χ1) is 52.4. The van der Waals surface area contributed by atoms with Crippen LogP contribution in [-0.4, -0.2) is 146 Å². The molecule has 0 saturated carbocycles. The van der Waals surface area contributed by atoms with Crippen LogP contribution in [0.2, 0.25) is 0 Å². The Morgan fingerprint density at radius 3 is 0.481 bits per heavy atom. The van der Waals surface area contributed by atoms with Gasteiger partial charge in [-0.1, -0.05) is 146 Å². The van der Waals surface area contributed by atoms with E-state index in [-0.39, 0.29) is 0 Å². The van der Waals surface area contributed by atoms with E-state index in [1.165, 1.54) is 0 Å². The van der Waals surface area contributed by atoms with Crippen LogP contribution >= 0.6 is 0 Å². The van der Waals surface area contributed by atoms with E-state index in [0.717, 1.165) is 246 Å². The molecule has 6 saturated heterocycles. The van der Waals surface area contributed by atoms with Crippen molar-refractivity contribution in [3.05, 3.63) is 255 Å². The lowest BCUT2D eigenvalue weighted by Crippen LogP contribution is -2.17. The van der Waals surface area contributed by atoms with Crippen molar-refractivity contribution in [2.75, 3.05) is 81.6 Å². The predicted molar refractivity (Wildman–Crippen MR) is 437 cm³/mol. The highest BCUT2D eigenvalue weighted by Gasteiger charge is 2.18. The highest BCUT2D eigenvalue weighted by Crippen LogP contribution is 2.32. The fourth-order valence-corrected chi connectivity index (χ4v) is 14.0. The van der Waals surface area contributed by atoms with Crippen LogP contribution in [0, 0.1) is 72.8 Å². The molecule has 534 valence electrons. The third-order valence-electron chi connectivity index (χ3n) is 20.4. The molecule has 14 aromatic carbocycles. The molecule has 108 heavy (non-hydrogen) atoms. The lowest BCUT2D eigenvalue weighted by molar-refractivity contribution is -0.127. The Labute approximate surface area is 632 Å². The zero-order chi connectivity index (χ0) is 75.2. The summed E-state index contributed by atoms with van der Waals surface area (Å²) in [6.45, 7) is 5.74. The zero-order valence-corrected chi connectivity index (χ0v) is 62.2. The van der Waals surface area contributed by atoms with Gasteiger partial charge in [0.15, 0.2) is 0 Å². The summed E-state index contributed by atoms with van der Waals surface area (Å²) in [6.07, 6.45) is 10.9. The Morgan fingerprint density at radius 2 is 0.361 bits per heavy atom. The molecule has 6 aliphatic heterocycles. The summed E-state index contributed by atoms with van der Waals surface area (Å²) in [6, 6.07) is 106. The van der Waals surface area contributed by atoms with E-state index in [1.807, 2.05) is 42.3 Å². The molecule has 0 unspecified atom stereocenters. The Hall–Kier alpha value is -12.8. The molecule has 12 nitrogen and oxygen atoms in total. The molecule has 6 heterocycles. The summed E-state index contributed by atoms with van der Waals surface area (Å²) in [5.74, 6) is 1.75. The summed E-state index contributed by atoms with van der Waals surface area (Å²) in [7, 11) is 11.1. The molecule has 20 rings (SSSR count). The van der Waals surface area contributed by atoms with Crippen LogP contribution < -0.4 is 0 Å². The van der Waals surface area contributed by atoms with Crippen LogP contribution in [0.1, 0.15) is 77.0 Å². The maximum absolute atomic E-state index is 10.5. The number of benzene rings is 11. The van der Waals surface area contributed by atoms with Gasteiger partial charge in [0, 0.05) is 185 Å². The average molecular weight is 1420 g/mol. The lowest BCUT2D eigenvalue weighted by atomic mass is 10.00. The van der Waals surface area contributed by atoms with Crippen molar-refractivity contribution in [2.24, 2.45) is 0 Å². The molecule has 0 atom stereocenters. The minimum atomic E-state index is 0.292. The molecule has 12 bridgehead atoms. The van der Waals surface area contributed by atoms with E-state index >= 15 is 0 Å². The fraction of sp³-hybridized carbons (Fsp3) is 0.250. The van der Waals surface area contributed by atoms with Gasteiger partial charge in [-0.25, -0.2) is 0 Å². The maximum atomic E-state index is 10.5. The number of likely N-dealkylation sites (tertiary alicyclic amines) is 6. The van der Waals surface area contributed by atoms with Crippen LogP contribution in [0.4, 0.5) is 0 Å². The number of carbonyl (C=O) groups excluding carboxylic acids is 6. The number of nitrogens with zero attached hydrogens (tertiary/aromatic N) is 6. The molecule has 0 aliphatic carbocycles. The van der Waals surface area contributed by atoms with E-state index < -0.39 is 0 Å². The molecule has 6 fully saturated rings. The van der Waals surface area contributed by atoms with Crippen molar-refractivity contribution in [1.29, 1.82) is 0 Å². The van der Waals surface area contributed by atoms with Crippen LogP contribution in [0.3, 0.4) is 0 Å². The van der Waals surface area contributed by atoms with Gasteiger partial charge in [0.1, 0.15) is 0 Å². The Balaban J connectivity index is 0.000000195. The van der Waals surface area contributed by atoms with E-state index in [1.54, 1.807) is 29.4 Å². The van der Waals surface area contributed by atoms with Gasteiger partial charge in [0.05, 0.1) is 0 Å². The van der Waals surface area contributed by atoms with Crippen molar-refractivity contribution in [3.8, 4) is 0 Å². The number of rotatable bonds is 0. The minimum absolute atomic E-state index is 0.292. The molecule has 14 aromatic rings. The van der Waals surface area contributed by atoms with Gasteiger partial charge in [-0.15, -0.1) is 0 Å². The molecule has 0 aromatic heterocycles. The SMILES string of the molecule is CN1CCCC1=O.CN1CCCC1=O.CN1CCCC1=O.CN1CCCC1=O.CN1CCCC1=O.CN1CCCC1=O.c1c2cc3c#cc4cccc5cc6cccc(c#cc7cc(c#cc8cccc9cc%10cccc(c#1)c%10cc89)cc(c#cc1cccc8cc9cccc(c#cc(c2)c3)c9cc18)c7)c6cc45. The second-order valence-electron chi connectivity index (χ2n) is 28.3. The Morgan fingerprint density at radius 1 is 0.204 bits per heavy atom. The van der Waals surface area contributed by atoms with Crippen LogP contribution in [-0.2, 0) is 28.8 Å². The van der Waals surface area contributed by atoms with Gasteiger partial charge in [0.25, 0.3) is 0 Å². The maximum Gasteiger partial charge on any atom is 0.222 e. The first-order valence-corrected chi connectivity index (χ1v) is 37.2. The number of carbonyl (C=O) groups is 6. The molecular formula is C96H84N6O6. The predicted octanol–water partition coefficient (Wildman–Crippen LogP) is 17.9. The van der Waals surface area contributed by atoms with E-state index in [0.29, 0.717) is 35.4 Å². The van der Waals surface area contributed by atoms with Gasteiger partial charge in [0.2, 0.25) is 35.4 Å². The quantitative estimate of drug-likeness (QED) is 0.139. The van der Waals surface area contributed by atoms with Crippen LogP contribution in [0.5, 0.6) is 0 Å². The molecule has 0 spiro atoms. The Bertz CT molecular complexity index is 4910. The summed E-state index contributed by atoms with van der Waals surface area (Å²) in [5, 5.41) is 23.7.